The van der Waals surface area contributed by atoms with Crippen molar-refractivity contribution in [2.45, 2.75) is 6.42 Å². The van der Waals surface area contributed by atoms with Crippen LogP contribution in [0.1, 0.15) is 6.42 Å². The Morgan fingerprint density at radius 3 is 3.45 bits per heavy atom. The van der Waals surface area contributed by atoms with Gasteiger partial charge in [0, 0.05) is 31.4 Å². The lowest BCUT2D eigenvalue weighted by molar-refractivity contribution is 0.339. The minimum Gasteiger partial charge on any atom is -0.382 e. The third kappa shape index (κ3) is 1.28. The Balaban J connectivity index is 2.19. The number of likely N-dealkylation sites (N-methyl/N-ethyl adjacent to an activating group) is 1. The molecular formula is C8H13N3. The van der Waals surface area contributed by atoms with E-state index >= 15 is 0 Å². The highest BCUT2D eigenvalue weighted by molar-refractivity contribution is 5.63. The number of hydrogen-bond donors (Lipinski definition) is 1. The quantitative estimate of drug-likeness (QED) is 0.536. The van der Waals surface area contributed by atoms with Crippen LogP contribution in [0.15, 0.2) is 16.4 Å². The fraction of sp³-hybridized carbons (Fsp3) is 0.625. The van der Waals surface area contributed by atoms with Crippen molar-refractivity contribution >= 4 is 6.21 Å². The molecule has 2 heterocycles. The Hall–Kier alpha value is -0.830. The Kier molecular flexibility index (Phi) is 1.66. The number of hydrogen-bond acceptors (Lipinski definition) is 3. The molecule has 0 radical (unpaired) electrons. The van der Waals surface area contributed by atoms with E-state index < -0.39 is 0 Å². The zero-order valence-corrected chi connectivity index (χ0v) is 6.80. The van der Waals surface area contributed by atoms with Crippen LogP contribution in [-0.2, 0) is 0 Å². The predicted octanol–water partition coefficient (Wildman–Crippen LogP) is 0.208. The molecule has 2 rings (SSSR count). The van der Waals surface area contributed by atoms with E-state index in [4.69, 9.17) is 0 Å². The molecule has 0 fully saturated rings. The average Bonchev–Trinajstić information content (AvgIpc) is 2.04. The van der Waals surface area contributed by atoms with Crippen molar-refractivity contribution in [3.05, 3.63) is 11.4 Å². The first-order valence-electron chi connectivity index (χ1n) is 4.03. The number of rotatable bonds is 0. The molecule has 0 aliphatic carbocycles. The van der Waals surface area contributed by atoms with Crippen LogP contribution >= 0.6 is 0 Å². The molecule has 3 heteroatoms. The number of nitrogens with zero attached hydrogens (tertiary/aromatic N) is 2. The zero-order valence-electron chi connectivity index (χ0n) is 6.80. The molecule has 0 saturated carbocycles. The molecule has 60 valence electrons. The van der Waals surface area contributed by atoms with Gasteiger partial charge in [0.15, 0.2) is 0 Å². The minimum absolute atomic E-state index is 0.905. The van der Waals surface area contributed by atoms with Gasteiger partial charge < -0.3 is 10.2 Å². The molecule has 0 atom stereocenters. The normalized spacial score (nSPS) is 24.8. The summed E-state index contributed by atoms with van der Waals surface area (Å²) < 4.78 is 0. The van der Waals surface area contributed by atoms with Crippen molar-refractivity contribution in [2.24, 2.45) is 4.99 Å². The number of aliphatic imine (C=N–C) groups is 1. The molecule has 2 aliphatic heterocycles. The third-order valence-corrected chi connectivity index (χ3v) is 2.17. The summed E-state index contributed by atoms with van der Waals surface area (Å²) in [6.45, 7) is 3.06. The van der Waals surface area contributed by atoms with Gasteiger partial charge in [0.25, 0.3) is 0 Å². The summed E-state index contributed by atoms with van der Waals surface area (Å²) in [5.74, 6) is 0. The topological polar surface area (TPSA) is 27.6 Å². The summed E-state index contributed by atoms with van der Waals surface area (Å²) in [5.41, 5.74) is 2.58. The first-order chi connectivity index (χ1) is 5.36. The van der Waals surface area contributed by atoms with Crippen LogP contribution in [0.4, 0.5) is 0 Å². The molecule has 0 aromatic rings. The van der Waals surface area contributed by atoms with Gasteiger partial charge in [-0.25, -0.2) is 0 Å². The zero-order chi connectivity index (χ0) is 7.68. The van der Waals surface area contributed by atoms with Crippen LogP contribution in [0.25, 0.3) is 0 Å². The lowest BCUT2D eigenvalue weighted by Gasteiger charge is -2.27. The van der Waals surface area contributed by atoms with Crippen LogP contribution in [0.3, 0.4) is 0 Å². The fourth-order valence-electron chi connectivity index (χ4n) is 1.51. The maximum Gasteiger partial charge on any atom is 0.0729 e. The van der Waals surface area contributed by atoms with E-state index in [1.807, 2.05) is 6.21 Å². The van der Waals surface area contributed by atoms with E-state index in [1.165, 1.54) is 11.4 Å². The van der Waals surface area contributed by atoms with Crippen LogP contribution in [0.5, 0.6) is 0 Å². The Morgan fingerprint density at radius 2 is 2.55 bits per heavy atom. The van der Waals surface area contributed by atoms with Gasteiger partial charge in [0.1, 0.15) is 0 Å². The summed E-state index contributed by atoms with van der Waals surface area (Å²) in [6.07, 6.45) is 3.07. The molecule has 3 nitrogen and oxygen atoms in total. The van der Waals surface area contributed by atoms with Gasteiger partial charge in [-0.05, 0) is 7.05 Å². The van der Waals surface area contributed by atoms with Crippen LogP contribution in [0.2, 0.25) is 0 Å². The van der Waals surface area contributed by atoms with E-state index in [1.54, 1.807) is 0 Å². The molecular weight excluding hydrogens is 138 g/mol. The Labute approximate surface area is 66.8 Å². The molecule has 0 saturated heterocycles. The summed E-state index contributed by atoms with van der Waals surface area (Å²) in [5, 5.41) is 3.35. The summed E-state index contributed by atoms with van der Waals surface area (Å²) >= 11 is 0. The van der Waals surface area contributed by atoms with Crippen LogP contribution in [-0.4, -0.2) is 37.8 Å². The standard InChI is InChI=1S/C8H13N3/c1-11-5-2-7-8(6-11)10-4-3-9-7/h4,9H,2-3,5-6H2,1H3. The Morgan fingerprint density at radius 1 is 1.64 bits per heavy atom. The van der Waals surface area contributed by atoms with E-state index in [9.17, 15) is 0 Å². The van der Waals surface area contributed by atoms with Crippen molar-refractivity contribution < 1.29 is 0 Å². The van der Waals surface area contributed by atoms with Crippen LogP contribution < -0.4 is 5.32 Å². The van der Waals surface area contributed by atoms with E-state index in [0.29, 0.717) is 0 Å². The van der Waals surface area contributed by atoms with Crippen molar-refractivity contribution in [2.75, 3.05) is 26.7 Å². The first kappa shape index (κ1) is 6.85. The molecule has 0 amide bonds. The van der Waals surface area contributed by atoms with E-state index in [0.717, 1.165) is 26.1 Å². The molecule has 2 aliphatic rings. The lowest BCUT2D eigenvalue weighted by atomic mass is 10.1. The summed E-state index contributed by atoms with van der Waals surface area (Å²) in [6, 6.07) is 0. The average molecular weight is 151 g/mol. The van der Waals surface area contributed by atoms with Crippen molar-refractivity contribution in [1.82, 2.24) is 10.2 Å². The van der Waals surface area contributed by atoms with Crippen molar-refractivity contribution in [3.8, 4) is 0 Å². The highest BCUT2D eigenvalue weighted by Gasteiger charge is 2.16. The monoisotopic (exact) mass is 151 g/mol. The Bertz CT molecular complexity index is 217. The number of nitrogens with one attached hydrogen (secondary N) is 1. The molecule has 0 unspecified atom stereocenters. The smallest absolute Gasteiger partial charge is 0.0729 e. The first-order valence-corrected chi connectivity index (χ1v) is 4.03. The van der Waals surface area contributed by atoms with Crippen LogP contribution in [0, 0.1) is 0 Å². The van der Waals surface area contributed by atoms with Gasteiger partial charge in [-0.2, -0.15) is 0 Å². The molecule has 11 heavy (non-hydrogen) atoms. The highest BCUT2D eigenvalue weighted by atomic mass is 15.1. The highest BCUT2D eigenvalue weighted by Crippen LogP contribution is 2.16. The second-order valence-electron chi connectivity index (χ2n) is 3.11. The maximum absolute atomic E-state index is 4.35. The fourth-order valence-corrected chi connectivity index (χ4v) is 1.51. The van der Waals surface area contributed by atoms with Gasteiger partial charge in [0.2, 0.25) is 0 Å². The molecule has 0 aromatic carbocycles. The summed E-state index contributed by atoms with van der Waals surface area (Å²) in [4.78, 5) is 6.65. The minimum atomic E-state index is 0.905. The largest absolute Gasteiger partial charge is 0.382 e. The van der Waals surface area contributed by atoms with Crippen molar-refractivity contribution in [1.29, 1.82) is 0 Å². The van der Waals surface area contributed by atoms with Gasteiger partial charge in [-0.15, -0.1) is 0 Å². The van der Waals surface area contributed by atoms with Gasteiger partial charge in [-0.1, -0.05) is 0 Å². The molecule has 0 bridgehead atoms. The lowest BCUT2D eigenvalue weighted by Crippen LogP contribution is -2.34. The second kappa shape index (κ2) is 2.66. The SMILES string of the molecule is CN1CCC2=C(C1)N=CCN2. The molecule has 0 aromatic heterocycles. The van der Waals surface area contributed by atoms with E-state index in [-0.39, 0.29) is 0 Å². The molecule has 1 N–H and O–H groups in total. The second-order valence-corrected chi connectivity index (χ2v) is 3.11. The van der Waals surface area contributed by atoms with Crippen molar-refractivity contribution in [3.63, 3.8) is 0 Å². The maximum atomic E-state index is 4.35. The van der Waals surface area contributed by atoms with Gasteiger partial charge >= 0.3 is 0 Å². The summed E-state index contributed by atoms with van der Waals surface area (Å²) in [7, 11) is 2.13. The predicted molar refractivity (Wildman–Crippen MR) is 45.6 cm³/mol. The van der Waals surface area contributed by atoms with E-state index in [2.05, 4.69) is 22.3 Å². The van der Waals surface area contributed by atoms with Gasteiger partial charge in [0.05, 0.1) is 12.2 Å². The third-order valence-electron chi connectivity index (χ3n) is 2.17. The molecule has 0 spiro atoms. The van der Waals surface area contributed by atoms with Gasteiger partial charge in [-0.3, -0.25) is 4.99 Å².